The Hall–Kier alpha value is -2.85. The van der Waals surface area contributed by atoms with E-state index < -0.39 is 0 Å². The molecule has 1 fully saturated rings. The van der Waals surface area contributed by atoms with E-state index in [1.807, 2.05) is 12.1 Å². The number of likely N-dealkylation sites (tertiary alicyclic amines) is 1. The van der Waals surface area contributed by atoms with E-state index in [2.05, 4.69) is 64.5 Å². The minimum absolute atomic E-state index is 0.619. The van der Waals surface area contributed by atoms with Crippen molar-refractivity contribution >= 4 is 0 Å². The molecule has 0 amide bonds. The van der Waals surface area contributed by atoms with Crippen LogP contribution in [0.5, 0.6) is 11.6 Å². The van der Waals surface area contributed by atoms with Crippen molar-refractivity contribution in [1.82, 2.24) is 9.88 Å². The Bertz CT molecular complexity index is 937. The molecule has 2 aromatic carbocycles. The van der Waals surface area contributed by atoms with E-state index in [1.165, 1.54) is 36.0 Å². The highest BCUT2D eigenvalue weighted by molar-refractivity contribution is 5.34. The molecule has 4 nitrogen and oxygen atoms in total. The first kappa shape index (κ1) is 21.4. The summed E-state index contributed by atoms with van der Waals surface area (Å²) in [4.78, 5) is 6.84. The molecule has 0 unspecified atom stereocenters. The van der Waals surface area contributed by atoms with Gasteiger partial charge in [-0.05, 0) is 68.0 Å². The number of aromatic nitrogens is 1. The van der Waals surface area contributed by atoms with Crippen LogP contribution in [-0.4, -0.2) is 30.1 Å². The van der Waals surface area contributed by atoms with Crippen molar-refractivity contribution in [1.29, 1.82) is 0 Å². The van der Waals surface area contributed by atoms with Crippen molar-refractivity contribution in [3.8, 4) is 11.6 Å². The first-order valence-corrected chi connectivity index (χ1v) is 11.3. The smallest absolute Gasteiger partial charge is 0.217 e. The predicted octanol–water partition coefficient (Wildman–Crippen LogP) is 5.51. The number of hydrogen-bond donors (Lipinski definition) is 0. The van der Waals surface area contributed by atoms with Crippen LogP contribution in [0.3, 0.4) is 0 Å². The third kappa shape index (κ3) is 6.08. The maximum absolute atomic E-state index is 6.14. The van der Waals surface area contributed by atoms with Gasteiger partial charge < -0.3 is 9.47 Å². The lowest BCUT2D eigenvalue weighted by molar-refractivity contribution is 0.170. The normalized spacial score (nSPS) is 15.0. The summed E-state index contributed by atoms with van der Waals surface area (Å²) >= 11 is 0. The lowest BCUT2D eigenvalue weighted by Gasteiger charge is -2.32. The zero-order valence-electron chi connectivity index (χ0n) is 18.4. The first-order valence-electron chi connectivity index (χ1n) is 11.3. The lowest BCUT2D eigenvalue weighted by Crippen LogP contribution is -2.33. The van der Waals surface area contributed by atoms with Crippen LogP contribution in [0.2, 0.25) is 0 Å². The standard InChI is InChI=1S/C27H32N2O2/c1-30-27-25(11-7-17-28-27)20-29-18-15-22(16-19-29)13-14-24-10-5-6-12-26(24)31-21-23-8-3-2-4-9-23/h2-12,17,22H,13-16,18-21H2,1H3. The Morgan fingerprint density at radius 1 is 0.903 bits per heavy atom. The molecule has 162 valence electrons. The highest BCUT2D eigenvalue weighted by Gasteiger charge is 2.20. The average molecular weight is 417 g/mol. The van der Waals surface area contributed by atoms with Gasteiger partial charge in [0.2, 0.25) is 5.88 Å². The minimum Gasteiger partial charge on any atom is -0.489 e. The molecule has 0 saturated carbocycles. The molecule has 1 aliphatic heterocycles. The van der Waals surface area contributed by atoms with Gasteiger partial charge in [0.1, 0.15) is 12.4 Å². The molecule has 4 heteroatoms. The Balaban J connectivity index is 1.25. The molecule has 1 aromatic heterocycles. The van der Waals surface area contributed by atoms with Crippen LogP contribution in [-0.2, 0) is 19.6 Å². The van der Waals surface area contributed by atoms with Gasteiger partial charge >= 0.3 is 0 Å². The predicted molar refractivity (Wildman–Crippen MR) is 124 cm³/mol. The van der Waals surface area contributed by atoms with Crippen LogP contribution in [0.4, 0.5) is 0 Å². The first-order chi connectivity index (χ1) is 15.3. The van der Waals surface area contributed by atoms with Gasteiger partial charge in [0.05, 0.1) is 7.11 Å². The SMILES string of the molecule is COc1ncccc1CN1CCC(CCc2ccccc2OCc2ccccc2)CC1. The largest absolute Gasteiger partial charge is 0.489 e. The van der Waals surface area contributed by atoms with Crippen LogP contribution < -0.4 is 9.47 Å². The van der Waals surface area contributed by atoms with E-state index >= 15 is 0 Å². The highest BCUT2D eigenvalue weighted by Crippen LogP contribution is 2.28. The fourth-order valence-electron chi connectivity index (χ4n) is 4.35. The van der Waals surface area contributed by atoms with Gasteiger partial charge in [0, 0.05) is 18.3 Å². The van der Waals surface area contributed by atoms with E-state index in [4.69, 9.17) is 9.47 Å². The number of nitrogens with zero attached hydrogens (tertiary/aromatic N) is 2. The van der Waals surface area contributed by atoms with Crippen molar-refractivity contribution in [2.24, 2.45) is 5.92 Å². The molecule has 0 aliphatic carbocycles. The maximum atomic E-state index is 6.14. The van der Waals surface area contributed by atoms with Gasteiger partial charge in [-0.2, -0.15) is 0 Å². The molecule has 0 bridgehead atoms. The molecule has 4 rings (SSSR count). The zero-order chi connectivity index (χ0) is 21.3. The summed E-state index contributed by atoms with van der Waals surface area (Å²) in [6.45, 7) is 3.80. The summed E-state index contributed by atoms with van der Waals surface area (Å²) in [6.07, 6.45) is 6.57. The van der Waals surface area contributed by atoms with Crippen molar-refractivity contribution in [3.63, 3.8) is 0 Å². The van der Waals surface area contributed by atoms with Gasteiger partial charge in [-0.15, -0.1) is 0 Å². The van der Waals surface area contributed by atoms with Crippen molar-refractivity contribution in [3.05, 3.63) is 89.6 Å². The quantitative estimate of drug-likeness (QED) is 0.460. The molecule has 0 spiro atoms. The van der Waals surface area contributed by atoms with Crippen molar-refractivity contribution in [2.75, 3.05) is 20.2 Å². The molecule has 0 atom stereocenters. The van der Waals surface area contributed by atoms with Gasteiger partial charge in [0.25, 0.3) is 0 Å². The molecule has 1 saturated heterocycles. The summed E-state index contributed by atoms with van der Waals surface area (Å²) < 4.78 is 11.5. The van der Waals surface area contributed by atoms with Gasteiger partial charge in [-0.3, -0.25) is 4.90 Å². The van der Waals surface area contributed by atoms with E-state index in [0.717, 1.165) is 43.6 Å². The molecular formula is C27H32N2O2. The summed E-state index contributed by atoms with van der Waals surface area (Å²) in [6, 6.07) is 23.0. The monoisotopic (exact) mass is 416 g/mol. The second-order valence-electron chi connectivity index (χ2n) is 8.31. The third-order valence-corrected chi connectivity index (χ3v) is 6.18. The third-order valence-electron chi connectivity index (χ3n) is 6.18. The van der Waals surface area contributed by atoms with E-state index in [9.17, 15) is 0 Å². The van der Waals surface area contributed by atoms with Crippen LogP contribution in [0.25, 0.3) is 0 Å². The Morgan fingerprint density at radius 2 is 1.65 bits per heavy atom. The van der Waals surface area contributed by atoms with Crippen LogP contribution in [0, 0.1) is 5.92 Å². The van der Waals surface area contributed by atoms with E-state index in [0.29, 0.717) is 6.61 Å². The Morgan fingerprint density at radius 3 is 2.45 bits per heavy atom. The number of benzene rings is 2. The number of pyridine rings is 1. The topological polar surface area (TPSA) is 34.6 Å². The lowest BCUT2D eigenvalue weighted by atomic mass is 9.90. The second kappa shape index (κ2) is 11.0. The second-order valence-corrected chi connectivity index (χ2v) is 8.31. The molecule has 1 aliphatic rings. The average Bonchev–Trinajstić information content (AvgIpc) is 2.84. The van der Waals surface area contributed by atoms with Crippen LogP contribution in [0.15, 0.2) is 72.9 Å². The molecule has 31 heavy (non-hydrogen) atoms. The number of para-hydroxylation sites is 1. The molecule has 3 aromatic rings. The van der Waals surface area contributed by atoms with Gasteiger partial charge in [-0.25, -0.2) is 4.98 Å². The van der Waals surface area contributed by atoms with E-state index in [-0.39, 0.29) is 0 Å². The highest BCUT2D eigenvalue weighted by atomic mass is 16.5. The van der Waals surface area contributed by atoms with Gasteiger partial charge in [0.15, 0.2) is 0 Å². The molecule has 0 N–H and O–H groups in total. The van der Waals surface area contributed by atoms with Crippen molar-refractivity contribution in [2.45, 2.75) is 38.8 Å². The maximum Gasteiger partial charge on any atom is 0.217 e. The van der Waals surface area contributed by atoms with Gasteiger partial charge in [-0.1, -0.05) is 54.6 Å². The fourth-order valence-corrected chi connectivity index (χ4v) is 4.35. The molecule has 2 heterocycles. The number of aryl methyl sites for hydroxylation is 1. The fraction of sp³-hybridized carbons (Fsp3) is 0.370. The van der Waals surface area contributed by atoms with E-state index in [1.54, 1.807) is 13.3 Å². The Labute approximate surface area is 185 Å². The zero-order valence-corrected chi connectivity index (χ0v) is 18.4. The summed E-state index contributed by atoms with van der Waals surface area (Å²) in [7, 11) is 1.69. The number of ether oxygens (including phenoxy) is 2. The summed E-state index contributed by atoms with van der Waals surface area (Å²) in [5, 5.41) is 0. The Kier molecular flexibility index (Phi) is 7.56. The number of hydrogen-bond acceptors (Lipinski definition) is 4. The van der Waals surface area contributed by atoms with Crippen molar-refractivity contribution < 1.29 is 9.47 Å². The summed E-state index contributed by atoms with van der Waals surface area (Å²) in [5.74, 6) is 2.54. The molecule has 0 radical (unpaired) electrons. The number of methoxy groups -OCH3 is 1. The minimum atomic E-state index is 0.619. The van der Waals surface area contributed by atoms with Crippen LogP contribution in [0.1, 0.15) is 36.0 Å². The van der Waals surface area contributed by atoms with Crippen LogP contribution >= 0.6 is 0 Å². The molecular weight excluding hydrogens is 384 g/mol. The number of rotatable bonds is 9. The summed E-state index contributed by atoms with van der Waals surface area (Å²) in [5.41, 5.74) is 3.70. The number of piperidine rings is 1.